The molecule has 0 aromatic heterocycles. The molecule has 0 bridgehead atoms. The van der Waals surface area contributed by atoms with Crippen LogP contribution in [0.4, 0.5) is 11.4 Å². The first-order valence-electron chi connectivity index (χ1n) is 19.6. The molecule has 2 amide bonds. The van der Waals surface area contributed by atoms with E-state index in [4.69, 9.17) is 0 Å². The van der Waals surface area contributed by atoms with Crippen LogP contribution in [0.15, 0.2) is 105 Å². The van der Waals surface area contributed by atoms with Gasteiger partial charge in [0.2, 0.25) is 0 Å². The second-order valence-corrected chi connectivity index (χ2v) is 16.3. The summed E-state index contributed by atoms with van der Waals surface area (Å²) in [5, 5.41) is 29.1. The SMILES string of the molecule is CCN1CCCC1CNC(=O)c1ccc(Sc2cccc(C)c2)c([N+](=O)[O-])c1.CCc1ccccc1Sc1ccc(C(=O)NCC2CCCN2CC)cc1[N+](=O)[O-]. The molecule has 2 saturated heterocycles. The van der Waals surface area contributed by atoms with Gasteiger partial charge in [-0.3, -0.25) is 39.6 Å². The highest BCUT2D eigenvalue weighted by Crippen LogP contribution is 2.38. The number of hydrogen-bond acceptors (Lipinski definition) is 10. The van der Waals surface area contributed by atoms with Crippen LogP contribution in [0.25, 0.3) is 0 Å². The molecule has 0 aliphatic carbocycles. The number of likely N-dealkylation sites (tertiary alicyclic amines) is 2. The summed E-state index contributed by atoms with van der Waals surface area (Å²) >= 11 is 2.71. The summed E-state index contributed by atoms with van der Waals surface area (Å²) in [6, 6.07) is 25.8. The molecule has 0 radical (unpaired) electrons. The maximum absolute atomic E-state index is 12.6. The van der Waals surface area contributed by atoms with Crippen LogP contribution >= 0.6 is 23.5 Å². The van der Waals surface area contributed by atoms with E-state index in [1.807, 2.05) is 55.5 Å². The topological polar surface area (TPSA) is 151 Å². The molecule has 0 spiro atoms. The molecule has 302 valence electrons. The lowest BCUT2D eigenvalue weighted by molar-refractivity contribution is -0.387. The lowest BCUT2D eigenvalue weighted by atomic mass is 10.1. The monoisotopic (exact) mass is 812 g/mol. The van der Waals surface area contributed by atoms with Gasteiger partial charge >= 0.3 is 0 Å². The van der Waals surface area contributed by atoms with E-state index in [2.05, 4.69) is 41.2 Å². The van der Waals surface area contributed by atoms with Gasteiger partial charge in [-0.2, -0.15) is 0 Å². The Labute approximate surface area is 343 Å². The van der Waals surface area contributed by atoms with Crippen molar-refractivity contribution in [1.82, 2.24) is 20.4 Å². The van der Waals surface area contributed by atoms with Crippen LogP contribution in [0.5, 0.6) is 0 Å². The number of nitro benzene ring substituents is 2. The Morgan fingerprint density at radius 3 is 1.70 bits per heavy atom. The van der Waals surface area contributed by atoms with Crippen LogP contribution in [0.2, 0.25) is 0 Å². The number of benzene rings is 4. The zero-order valence-corrected chi connectivity index (χ0v) is 34.7. The lowest BCUT2D eigenvalue weighted by Crippen LogP contribution is -2.40. The van der Waals surface area contributed by atoms with Gasteiger partial charge in [0.05, 0.1) is 19.6 Å². The quantitative estimate of drug-likeness (QED) is 0.0881. The molecule has 4 aromatic carbocycles. The third-order valence-electron chi connectivity index (χ3n) is 10.4. The van der Waals surface area contributed by atoms with E-state index in [1.165, 1.54) is 35.7 Å². The molecule has 2 atom stereocenters. The van der Waals surface area contributed by atoms with E-state index >= 15 is 0 Å². The van der Waals surface area contributed by atoms with Crippen molar-refractivity contribution >= 4 is 46.7 Å². The molecule has 2 aliphatic heterocycles. The van der Waals surface area contributed by atoms with Gasteiger partial charge in [0.25, 0.3) is 23.2 Å². The number of nitrogens with one attached hydrogen (secondary N) is 2. The summed E-state index contributed by atoms with van der Waals surface area (Å²) in [6.45, 7) is 13.5. The summed E-state index contributed by atoms with van der Waals surface area (Å²) in [5.74, 6) is -0.528. The predicted molar refractivity (Wildman–Crippen MR) is 227 cm³/mol. The average molecular weight is 813 g/mol. The number of likely N-dealkylation sites (N-methyl/N-ethyl adjacent to an activating group) is 2. The van der Waals surface area contributed by atoms with E-state index < -0.39 is 9.85 Å². The fraction of sp³-hybridized carbons (Fsp3) is 0.395. The van der Waals surface area contributed by atoms with Crippen LogP contribution in [0.3, 0.4) is 0 Å². The molecule has 6 rings (SSSR count). The van der Waals surface area contributed by atoms with Gasteiger partial charge in [0.15, 0.2) is 0 Å². The van der Waals surface area contributed by atoms with Crippen LogP contribution in [-0.2, 0) is 6.42 Å². The Hall–Kier alpha value is -4.76. The van der Waals surface area contributed by atoms with Gasteiger partial charge < -0.3 is 10.6 Å². The highest BCUT2D eigenvalue weighted by Gasteiger charge is 2.26. The van der Waals surface area contributed by atoms with Crippen LogP contribution in [0.1, 0.15) is 78.3 Å². The van der Waals surface area contributed by atoms with Gasteiger partial charge in [-0.05, 0) is 113 Å². The second kappa shape index (κ2) is 21.1. The van der Waals surface area contributed by atoms with E-state index in [0.717, 1.165) is 79.2 Å². The number of nitro groups is 2. The maximum Gasteiger partial charge on any atom is 0.284 e. The van der Waals surface area contributed by atoms with E-state index in [9.17, 15) is 29.8 Å². The molecule has 12 nitrogen and oxygen atoms in total. The number of carbonyl (C=O) groups is 2. The van der Waals surface area contributed by atoms with Crippen LogP contribution < -0.4 is 10.6 Å². The van der Waals surface area contributed by atoms with Gasteiger partial charge in [0.1, 0.15) is 0 Å². The zero-order chi connectivity index (χ0) is 40.9. The standard InChI is InChI=1S/C22H27N3O3S.C21H25N3O3S/c1-3-16-8-5-6-10-20(16)29-21-12-11-17(14-19(21)25(27)28)22(26)23-15-18-9-7-13-24(18)4-2;1-3-23-11-5-7-17(23)14-22-21(25)16-9-10-20(19(13-16)24(26)27)28-18-8-4-6-15(2)12-18/h5-6,8,10-12,14,18H,3-4,7,9,13,15H2,1-2H3,(H,23,26);4,6,8-10,12-13,17H,3,5,7,11,14H2,1-2H3,(H,22,25). The first-order valence-corrected chi connectivity index (χ1v) is 21.3. The van der Waals surface area contributed by atoms with Gasteiger partial charge in [0, 0.05) is 58.2 Å². The highest BCUT2D eigenvalue weighted by atomic mass is 32.2. The van der Waals surface area contributed by atoms with Crippen molar-refractivity contribution in [3.05, 3.63) is 127 Å². The Morgan fingerprint density at radius 1 is 0.684 bits per heavy atom. The van der Waals surface area contributed by atoms with E-state index in [0.29, 0.717) is 46.1 Å². The number of aryl methyl sites for hydroxylation is 2. The van der Waals surface area contributed by atoms with Crippen molar-refractivity contribution in [3.63, 3.8) is 0 Å². The minimum atomic E-state index is -0.426. The lowest BCUT2D eigenvalue weighted by Gasteiger charge is -2.22. The summed E-state index contributed by atoms with van der Waals surface area (Å²) in [7, 11) is 0. The second-order valence-electron chi connectivity index (χ2n) is 14.1. The van der Waals surface area contributed by atoms with E-state index in [-0.39, 0.29) is 23.2 Å². The van der Waals surface area contributed by atoms with Crippen molar-refractivity contribution in [2.45, 2.75) is 91.5 Å². The third kappa shape index (κ3) is 11.9. The smallest absolute Gasteiger partial charge is 0.284 e. The molecule has 14 heteroatoms. The van der Waals surface area contributed by atoms with Crippen molar-refractivity contribution < 1.29 is 19.4 Å². The largest absolute Gasteiger partial charge is 0.350 e. The van der Waals surface area contributed by atoms with Crippen molar-refractivity contribution in [3.8, 4) is 0 Å². The molecule has 4 aromatic rings. The molecule has 0 saturated carbocycles. The van der Waals surface area contributed by atoms with Crippen LogP contribution in [-0.4, -0.2) is 82.8 Å². The van der Waals surface area contributed by atoms with Crippen molar-refractivity contribution in [2.24, 2.45) is 0 Å². The molecule has 2 aliphatic rings. The first kappa shape index (κ1) is 43.4. The summed E-state index contributed by atoms with van der Waals surface area (Å²) in [6.07, 6.45) is 5.28. The third-order valence-corrected chi connectivity index (χ3v) is 12.7. The van der Waals surface area contributed by atoms with Gasteiger partial charge in [-0.25, -0.2) is 0 Å². The molecule has 57 heavy (non-hydrogen) atoms. The Morgan fingerprint density at radius 2 is 1.21 bits per heavy atom. The van der Waals surface area contributed by atoms with Crippen LogP contribution in [0, 0.1) is 27.2 Å². The molecule has 2 N–H and O–H groups in total. The summed E-state index contributed by atoms with van der Waals surface area (Å²) < 4.78 is 0. The summed E-state index contributed by atoms with van der Waals surface area (Å²) in [5.41, 5.74) is 2.80. The molecule has 2 fully saturated rings. The Balaban J connectivity index is 0.000000218. The molecule has 2 heterocycles. The molecular weight excluding hydrogens is 761 g/mol. The zero-order valence-electron chi connectivity index (χ0n) is 33.1. The number of hydrogen-bond donors (Lipinski definition) is 2. The minimum absolute atomic E-state index is 0.0374. The minimum Gasteiger partial charge on any atom is -0.350 e. The summed E-state index contributed by atoms with van der Waals surface area (Å²) in [4.78, 5) is 55.2. The fourth-order valence-corrected chi connectivity index (χ4v) is 9.43. The van der Waals surface area contributed by atoms with Crippen molar-refractivity contribution in [2.75, 3.05) is 39.3 Å². The Kier molecular flexibility index (Phi) is 16.1. The molecule has 2 unspecified atom stereocenters. The van der Waals surface area contributed by atoms with Gasteiger partial charge in [-0.1, -0.05) is 80.2 Å². The Bertz CT molecular complexity index is 2050. The fourth-order valence-electron chi connectivity index (χ4n) is 7.31. The number of rotatable bonds is 15. The predicted octanol–water partition coefficient (Wildman–Crippen LogP) is 8.79. The average Bonchev–Trinajstić information content (AvgIpc) is 3.88. The normalized spacial score (nSPS) is 16.8. The number of nitrogens with zero attached hydrogens (tertiary/aromatic N) is 4. The molecular formula is C43H52N6O6S2. The number of carbonyl (C=O) groups excluding carboxylic acids is 2. The maximum atomic E-state index is 12.6. The first-order chi connectivity index (χ1) is 27.5. The van der Waals surface area contributed by atoms with Gasteiger partial charge in [-0.15, -0.1) is 0 Å². The van der Waals surface area contributed by atoms with E-state index in [1.54, 1.807) is 24.3 Å². The highest BCUT2D eigenvalue weighted by molar-refractivity contribution is 7.99. The van der Waals surface area contributed by atoms with Crippen molar-refractivity contribution in [1.29, 1.82) is 0 Å². The number of amides is 2.